The summed E-state index contributed by atoms with van der Waals surface area (Å²) in [6, 6.07) is 9.79. The molecule has 2 aliphatic heterocycles. The molecule has 0 bridgehead atoms. The molecule has 0 amide bonds. The van der Waals surface area contributed by atoms with E-state index in [0.717, 1.165) is 19.8 Å². The van der Waals surface area contributed by atoms with E-state index in [-0.39, 0.29) is 0 Å². The molecule has 0 aliphatic carbocycles. The zero-order valence-corrected chi connectivity index (χ0v) is 10.4. The Morgan fingerprint density at radius 1 is 1.35 bits per heavy atom. The van der Waals surface area contributed by atoms with Crippen LogP contribution < -0.4 is 5.32 Å². The van der Waals surface area contributed by atoms with Gasteiger partial charge in [-0.25, -0.2) is 0 Å². The topological polar surface area (TPSA) is 24.5 Å². The van der Waals surface area contributed by atoms with Gasteiger partial charge in [0.2, 0.25) is 0 Å². The van der Waals surface area contributed by atoms with Crippen LogP contribution in [-0.4, -0.2) is 37.7 Å². The minimum atomic E-state index is 0.457. The van der Waals surface area contributed by atoms with Gasteiger partial charge in [-0.2, -0.15) is 0 Å². The molecular formula is C14H20N2O. The Morgan fingerprint density at radius 2 is 2.24 bits per heavy atom. The molecule has 0 saturated carbocycles. The highest BCUT2D eigenvalue weighted by Crippen LogP contribution is 2.31. The average Bonchev–Trinajstić information content (AvgIpc) is 2.87. The summed E-state index contributed by atoms with van der Waals surface area (Å²) in [5.41, 5.74) is 2.83. The highest BCUT2D eigenvalue weighted by molar-refractivity contribution is 5.31. The third kappa shape index (κ3) is 2.10. The van der Waals surface area contributed by atoms with E-state index >= 15 is 0 Å². The van der Waals surface area contributed by atoms with Crippen LogP contribution in [0.25, 0.3) is 0 Å². The number of fused-ring (bicyclic) bond motifs is 1. The second kappa shape index (κ2) is 4.77. The quantitative estimate of drug-likeness (QED) is 0.837. The summed E-state index contributed by atoms with van der Waals surface area (Å²) in [5, 5.41) is 3.37. The van der Waals surface area contributed by atoms with Crippen LogP contribution in [0.5, 0.6) is 0 Å². The predicted molar refractivity (Wildman–Crippen MR) is 67.9 cm³/mol. The van der Waals surface area contributed by atoms with Crippen LogP contribution in [0, 0.1) is 0 Å². The molecule has 0 spiro atoms. The third-order valence-electron chi connectivity index (χ3n) is 4.02. The Kier molecular flexibility index (Phi) is 3.14. The number of rotatable bonds is 2. The maximum atomic E-state index is 5.73. The molecule has 92 valence electrons. The molecule has 3 heteroatoms. The first-order chi connectivity index (χ1) is 8.38. The standard InChI is InChI=1S/C14H20N2O/c1-15-12-6-7-16(8-12)14-10-17-9-11-4-2-3-5-13(11)14/h2-5,12,14-15H,6-10H2,1H3. The Balaban J connectivity index is 1.81. The summed E-state index contributed by atoms with van der Waals surface area (Å²) >= 11 is 0. The fourth-order valence-electron chi connectivity index (χ4n) is 2.97. The summed E-state index contributed by atoms with van der Waals surface area (Å²) in [6.45, 7) is 3.93. The number of benzene rings is 1. The van der Waals surface area contributed by atoms with E-state index < -0.39 is 0 Å². The summed E-state index contributed by atoms with van der Waals surface area (Å²) in [4.78, 5) is 2.55. The van der Waals surface area contributed by atoms with Crippen molar-refractivity contribution in [1.82, 2.24) is 10.2 Å². The van der Waals surface area contributed by atoms with Crippen molar-refractivity contribution in [3.8, 4) is 0 Å². The van der Waals surface area contributed by atoms with Gasteiger partial charge in [0.15, 0.2) is 0 Å². The van der Waals surface area contributed by atoms with Gasteiger partial charge in [-0.3, -0.25) is 4.90 Å². The highest BCUT2D eigenvalue weighted by atomic mass is 16.5. The van der Waals surface area contributed by atoms with Crippen LogP contribution in [0.1, 0.15) is 23.6 Å². The fraction of sp³-hybridized carbons (Fsp3) is 0.571. The number of likely N-dealkylation sites (tertiary alicyclic amines) is 1. The first-order valence-electron chi connectivity index (χ1n) is 6.45. The second-order valence-corrected chi connectivity index (χ2v) is 5.00. The number of ether oxygens (including phenoxy) is 1. The van der Waals surface area contributed by atoms with Crippen LogP contribution in [-0.2, 0) is 11.3 Å². The number of nitrogens with zero attached hydrogens (tertiary/aromatic N) is 1. The monoisotopic (exact) mass is 232 g/mol. The average molecular weight is 232 g/mol. The molecule has 17 heavy (non-hydrogen) atoms. The molecule has 2 aliphatic rings. The van der Waals surface area contributed by atoms with Gasteiger partial charge < -0.3 is 10.1 Å². The minimum absolute atomic E-state index is 0.457. The van der Waals surface area contributed by atoms with Crippen LogP contribution in [0.4, 0.5) is 0 Å². The van der Waals surface area contributed by atoms with Gasteiger partial charge in [-0.1, -0.05) is 24.3 Å². The molecule has 1 saturated heterocycles. The molecule has 0 aromatic heterocycles. The van der Waals surface area contributed by atoms with Gasteiger partial charge in [0.25, 0.3) is 0 Å². The highest BCUT2D eigenvalue weighted by Gasteiger charge is 2.31. The Hall–Kier alpha value is -0.900. The largest absolute Gasteiger partial charge is 0.375 e. The third-order valence-corrected chi connectivity index (χ3v) is 4.02. The van der Waals surface area contributed by atoms with E-state index in [1.807, 2.05) is 0 Å². The van der Waals surface area contributed by atoms with Crippen LogP contribution in [0.3, 0.4) is 0 Å². The molecule has 3 rings (SSSR count). The maximum Gasteiger partial charge on any atom is 0.0721 e. The number of hydrogen-bond acceptors (Lipinski definition) is 3. The fourth-order valence-corrected chi connectivity index (χ4v) is 2.97. The molecule has 1 N–H and O–H groups in total. The first-order valence-corrected chi connectivity index (χ1v) is 6.45. The van der Waals surface area contributed by atoms with E-state index in [2.05, 4.69) is 41.5 Å². The van der Waals surface area contributed by atoms with Crippen LogP contribution in [0.2, 0.25) is 0 Å². The minimum Gasteiger partial charge on any atom is -0.375 e. The lowest BCUT2D eigenvalue weighted by Crippen LogP contribution is -2.35. The van der Waals surface area contributed by atoms with Gasteiger partial charge >= 0.3 is 0 Å². The lowest BCUT2D eigenvalue weighted by molar-refractivity contribution is 0.0405. The van der Waals surface area contributed by atoms with Gasteiger partial charge in [0.05, 0.1) is 19.3 Å². The lowest BCUT2D eigenvalue weighted by atomic mass is 9.98. The lowest BCUT2D eigenvalue weighted by Gasteiger charge is -2.33. The summed E-state index contributed by atoms with van der Waals surface area (Å²) in [5.74, 6) is 0. The van der Waals surface area contributed by atoms with Crippen molar-refractivity contribution in [1.29, 1.82) is 0 Å². The number of hydrogen-bond donors (Lipinski definition) is 1. The number of nitrogens with one attached hydrogen (secondary N) is 1. The van der Waals surface area contributed by atoms with Crippen molar-refractivity contribution in [2.45, 2.75) is 25.1 Å². The maximum absolute atomic E-state index is 5.73. The summed E-state index contributed by atoms with van der Waals surface area (Å²) < 4.78 is 5.73. The molecule has 2 unspecified atom stereocenters. The van der Waals surface area contributed by atoms with Crippen molar-refractivity contribution in [3.63, 3.8) is 0 Å². The van der Waals surface area contributed by atoms with Crippen LogP contribution >= 0.6 is 0 Å². The van der Waals surface area contributed by atoms with E-state index in [1.54, 1.807) is 0 Å². The van der Waals surface area contributed by atoms with E-state index in [1.165, 1.54) is 24.1 Å². The predicted octanol–water partition coefficient (Wildman–Crippen LogP) is 1.55. The van der Waals surface area contributed by atoms with Crippen molar-refractivity contribution >= 4 is 0 Å². The van der Waals surface area contributed by atoms with Crippen LogP contribution in [0.15, 0.2) is 24.3 Å². The Labute approximate surface area is 103 Å². The zero-order chi connectivity index (χ0) is 11.7. The summed E-state index contributed by atoms with van der Waals surface area (Å²) in [7, 11) is 2.06. The number of likely N-dealkylation sites (N-methyl/N-ethyl adjacent to an activating group) is 1. The van der Waals surface area contributed by atoms with Gasteiger partial charge in [-0.05, 0) is 24.6 Å². The Bertz CT molecular complexity index is 394. The first kappa shape index (κ1) is 11.2. The summed E-state index contributed by atoms with van der Waals surface area (Å²) in [6.07, 6.45) is 1.25. The SMILES string of the molecule is CNC1CCN(C2COCc3ccccc32)C1. The van der Waals surface area contributed by atoms with E-state index in [4.69, 9.17) is 4.74 Å². The molecule has 1 aromatic carbocycles. The van der Waals surface area contributed by atoms with Crippen molar-refractivity contribution in [2.75, 3.05) is 26.7 Å². The molecule has 2 atom stereocenters. The molecule has 3 nitrogen and oxygen atoms in total. The molecule has 1 aromatic rings. The Morgan fingerprint density at radius 3 is 3.06 bits per heavy atom. The normalized spacial score (nSPS) is 29.2. The molecule has 1 fully saturated rings. The van der Waals surface area contributed by atoms with Crippen molar-refractivity contribution < 1.29 is 4.74 Å². The second-order valence-electron chi connectivity index (χ2n) is 5.00. The smallest absolute Gasteiger partial charge is 0.0721 e. The van der Waals surface area contributed by atoms with Crippen molar-refractivity contribution in [3.05, 3.63) is 35.4 Å². The molecule has 2 heterocycles. The van der Waals surface area contributed by atoms with E-state index in [9.17, 15) is 0 Å². The molecular weight excluding hydrogens is 212 g/mol. The van der Waals surface area contributed by atoms with Crippen molar-refractivity contribution in [2.24, 2.45) is 0 Å². The van der Waals surface area contributed by atoms with Gasteiger partial charge in [0, 0.05) is 19.1 Å². The molecule has 0 radical (unpaired) electrons. The zero-order valence-electron chi connectivity index (χ0n) is 10.4. The van der Waals surface area contributed by atoms with Gasteiger partial charge in [-0.15, -0.1) is 0 Å². The van der Waals surface area contributed by atoms with E-state index in [0.29, 0.717) is 12.1 Å². The van der Waals surface area contributed by atoms with Gasteiger partial charge in [0.1, 0.15) is 0 Å².